The van der Waals surface area contributed by atoms with E-state index in [1.165, 1.54) is 86.8 Å². The molecule has 1 nitrogen and oxygen atoms in total. The van der Waals surface area contributed by atoms with Crippen LogP contribution in [0.4, 0.5) is 17.1 Å². The van der Waals surface area contributed by atoms with E-state index in [9.17, 15) is 0 Å². The average molecular weight is 640 g/mol. The fourth-order valence-corrected chi connectivity index (χ4v) is 10.3. The van der Waals surface area contributed by atoms with Crippen molar-refractivity contribution in [1.29, 1.82) is 0 Å². The van der Waals surface area contributed by atoms with E-state index in [1.54, 1.807) is 0 Å². The standard InChI is InChI=1S/C47H29NS/c1-2-16-31(17-3-1)48(42-29-30-15-4-5-18-32(30)44-37-22-9-13-28-43(37)49-46(42)44)41-27-14-23-36-35-21-8-12-26-40(35)47(45(36)41)38-24-10-6-19-33(38)34-20-7-11-25-39(34)47/h1-29H. The van der Waals surface area contributed by atoms with E-state index in [1.807, 2.05) is 11.3 Å². The second-order valence-electron chi connectivity index (χ2n) is 13.2. The Morgan fingerprint density at radius 1 is 0.429 bits per heavy atom. The van der Waals surface area contributed by atoms with E-state index in [0.717, 1.165) is 5.69 Å². The van der Waals surface area contributed by atoms with Gasteiger partial charge in [0.05, 0.1) is 21.5 Å². The third-order valence-electron chi connectivity index (χ3n) is 10.8. The Hall–Kier alpha value is -5.96. The highest BCUT2D eigenvalue weighted by atomic mass is 32.1. The molecule has 0 aliphatic heterocycles. The summed E-state index contributed by atoms with van der Waals surface area (Å²) in [5.74, 6) is 0. The zero-order valence-corrected chi connectivity index (χ0v) is 27.4. The van der Waals surface area contributed by atoms with Gasteiger partial charge in [-0.2, -0.15) is 0 Å². The second-order valence-corrected chi connectivity index (χ2v) is 14.2. The monoisotopic (exact) mass is 639 g/mol. The summed E-state index contributed by atoms with van der Waals surface area (Å²) in [6.45, 7) is 0. The molecular formula is C47H29NS. The van der Waals surface area contributed by atoms with Crippen molar-refractivity contribution in [3.8, 4) is 22.3 Å². The van der Waals surface area contributed by atoms with Gasteiger partial charge in [-0.3, -0.25) is 0 Å². The highest BCUT2D eigenvalue weighted by Gasteiger charge is 2.53. The number of thiophene rings is 1. The molecule has 8 aromatic carbocycles. The highest BCUT2D eigenvalue weighted by Crippen LogP contribution is 2.65. The van der Waals surface area contributed by atoms with Crippen molar-refractivity contribution < 1.29 is 0 Å². The molecule has 1 heterocycles. The first-order valence-electron chi connectivity index (χ1n) is 16.9. The van der Waals surface area contributed by atoms with Crippen LogP contribution in [0.2, 0.25) is 0 Å². The summed E-state index contributed by atoms with van der Waals surface area (Å²) in [6.07, 6.45) is 0. The molecule has 0 unspecified atom stereocenters. The molecule has 49 heavy (non-hydrogen) atoms. The number of rotatable bonds is 3. The van der Waals surface area contributed by atoms with Crippen molar-refractivity contribution in [1.82, 2.24) is 0 Å². The molecule has 9 aromatic rings. The topological polar surface area (TPSA) is 3.24 Å². The molecular weight excluding hydrogens is 611 g/mol. The minimum atomic E-state index is -0.459. The van der Waals surface area contributed by atoms with Crippen molar-refractivity contribution >= 4 is 59.3 Å². The predicted octanol–water partition coefficient (Wildman–Crippen LogP) is 13.0. The molecule has 1 aromatic heterocycles. The van der Waals surface area contributed by atoms with Crippen molar-refractivity contribution in [2.75, 3.05) is 4.90 Å². The van der Waals surface area contributed by atoms with Crippen LogP contribution < -0.4 is 4.90 Å². The van der Waals surface area contributed by atoms with Crippen molar-refractivity contribution in [2.24, 2.45) is 0 Å². The van der Waals surface area contributed by atoms with Gasteiger partial charge in [0.2, 0.25) is 0 Å². The fraction of sp³-hybridized carbons (Fsp3) is 0.0213. The van der Waals surface area contributed by atoms with Crippen molar-refractivity contribution in [3.05, 3.63) is 198 Å². The third kappa shape index (κ3) is 3.49. The lowest BCUT2D eigenvalue weighted by molar-refractivity contribution is 0.793. The van der Waals surface area contributed by atoms with Crippen LogP contribution in [0.1, 0.15) is 22.3 Å². The normalized spacial score (nSPS) is 13.5. The van der Waals surface area contributed by atoms with E-state index >= 15 is 0 Å². The summed E-state index contributed by atoms with van der Waals surface area (Å²) < 4.78 is 2.61. The molecule has 11 rings (SSSR count). The van der Waals surface area contributed by atoms with Crippen LogP contribution >= 0.6 is 11.3 Å². The number of fused-ring (bicyclic) bond motifs is 15. The van der Waals surface area contributed by atoms with Gasteiger partial charge in [0.1, 0.15) is 0 Å². The van der Waals surface area contributed by atoms with E-state index in [4.69, 9.17) is 0 Å². The zero-order valence-electron chi connectivity index (χ0n) is 26.6. The SMILES string of the molecule is c1ccc(N(c2cccc3c2C2(c4ccccc4-c4ccccc42)c2ccccc2-3)c2cc3ccccc3c3c2sc2ccccc23)cc1. The Bertz CT molecular complexity index is 2730. The molecule has 0 amide bonds. The molecule has 0 atom stereocenters. The number of anilines is 3. The molecule has 0 bridgehead atoms. The van der Waals surface area contributed by atoms with E-state index < -0.39 is 5.41 Å². The van der Waals surface area contributed by atoms with Crippen LogP contribution in [0.15, 0.2) is 176 Å². The Balaban J connectivity index is 1.32. The van der Waals surface area contributed by atoms with Crippen LogP contribution in [0.5, 0.6) is 0 Å². The molecule has 0 fully saturated rings. The lowest BCUT2D eigenvalue weighted by Crippen LogP contribution is -2.28. The van der Waals surface area contributed by atoms with Crippen LogP contribution in [-0.2, 0) is 5.41 Å². The summed E-state index contributed by atoms with van der Waals surface area (Å²) in [5, 5.41) is 5.19. The summed E-state index contributed by atoms with van der Waals surface area (Å²) >= 11 is 1.90. The quantitative estimate of drug-likeness (QED) is 0.186. The van der Waals surface area contributed by atoms with Crippen molar-refractivity contribution in [3.63, 3.8) is 0 Å². The largest absolute Gasteiger partial charge is 0.309 e. The molecule has 228 valence electrons. The van der Waals surface area contributed by atoms with Gasteiger partial charge in [-0.1, -0.05) is 146 Å². The summed E-state index contributed by atoms with van der Waals surface area (Å²) in [4.78, 5) is 2.56. The van der Waals surface area contributed by atoms with Crippen LogP contribution in [0.3, 0.4) is 0 Å². The van der Waals surface area contributed by atoms with Gasteiger partial charge < -0.3 is 4.90 Å². The maximum absolute atomic E-state index is 2.56. The minimum Gasteiger partial charge on any atom is -0.309 e. The Labute approximate surface area is 289 Å². The molecule has 1 spiro atoms. The number of hydrogen-bond acceptors (Lipinski definition) is 2. The first-order chi connectivity index (χ1) is 24.3. The lowest BCUT2D eigenvalue weighted by Gasteiger charge is -2.36. The van der Waals surface area contributed by atoms with Crippen molar-refractivity contribution in [2.45, 2.75) is 5.41 Å². The van der Waals surface area contributed by atoms with Gasteiger partial charge in [-0.25, -0.2) is 0 Å². The minimum absolute atomic E-state index is 0.459. The van der Waals surface area contributed by atoms with Crippen LogP contribution in [0.25, 0.3) is 53.2 Å². The molecule has 2 heteroatoms. The Kier molecular flexibility index (Phi) is 5.53. The zero-order chi connectivity index (χ0) is 32.1. The molecule has 0 N–H and O–H groups in total. The van der Waals surface area contributed by atoms with Gasteiger partial charge in [-0.15, -0.1) is 11.3 Å². The summed E-state index contributed by atoms with van der Waals surface area (Å²) in [6, 6.07) is 65.4. The molecule has 0 saturated carbocycles. The fourth-order valence-electron chi connectivity index (χ4n) is 9.03. The number of benzene rings is 8. The van der Waals surface area contributed by atoms with Gasteiger partial charge in [0.25, 0.3) is 0 Å². The molecule has 0 saturated heterocycles. The highest BCUT2D eigenvalue weighted by molar-refractivity contribution is 7.26. The smallest absolute Gasteiger partial charge is 0.0746 e. The van der Waals surface area contributed by atoms with Gasteiger partial charge in [-0.05, 0) is 80.0 Å². The average Bonchev–Trinajstić information content (AvgIpc) is 3.81. The predicted molar refractivity (Wildman–Crippen MR) is 208 cm³/mol. The number of para-hydroxylation sites is 1. The molecule has 2 aliphatic carbocycles. The number of hydrogen-bond donors (Lipinski definition) is 0. The van der Waals surface area contributed by atoms with Crippen LogP contribution in [-0.4, -0.2) is 0 Å². The lowest BCUT2D eigenvalue weighted by atomic mass is 9.70. The number of nitrogens with zero attached hydrogens (tertiary/aromatic N) is 1. The first kappa shape index (κ1) is 27.0. The summed E-state index contributed by atoms with van der Waals surface area (Å²) in [5.41, 5.74) is 13.8. The van der Waals surface area contributed by atoms with E-state index in [2.05, 4.69) is 181 Å². The third-order valence-corrected chi connectivity index (χ3v) is 12.0. The molecule has 2 aliphatic rings. The van der Waals surface area contributed by atoms with Gasteiger partial charge >= 0.3 is 0 Å². The Morgan fingerprint density at radius 3 is 1.69 bits per heavy atom. The molecule has 0 radical (unpaired) electrons. The van der Waals surface area contributed by atoms with Gasteiger partial charge in [0, 0.05) is 26.7 Å². The van der Waals surface area contributed by atoms with E-state index in [-0.39, 0.29) is 0 Å². The second kappa shape index (κ2) is 10.0. The van der Waals surface area contributed by atoms with Crippen LogP contribution in [0, 0.1) is 0 Å². The Morgan fingerprint density at radius 2 is 0.980 bits per heavy atom. The maximum atomic E-state index is 2.56. The first-order valence-corrected chi connectivity index (χ1v) is 17.8. The van der Waals surface area contributed by atoms with Gasteiger partial charge in [0.15, 0.2) is 0 Å². The summed E-state index contributed by atoms with van der Waals surface area (Å²) in [7, 11) is 0. The van der Waals surface area contributed by atoms with E-state index in [0.29, 0.717) is 0 Å². The maximum Gasteiger partial charge on any atom is 0.0746 e.